The van der Waals surface area contributed by atoms with Crippen molar-refractivity contribution in [3.8, 4) is 0 Å². The van der Waals surface area contributed by atoms with Crippen LogP contribution >= 0.6 is 23.5 Å². The largest absolute Gasteiger partial charge is 0.387 e. The van der Waals surface area contributed by atoms with Crippen LogP contribution in [-0.2, 0) is 0 Å². The van der Waals surface area contributed by atoms with E-state index in [1.54, 1.807) is 0 Å². The van der Waals surface area contributed by atoms with E-state index in [0.717, 1.165) is 29.1 Å². The van der Waals surface area contributed by atoms with Gasteiger partial charge in [0.25, 0.3) is 5.91 Å². The van der Waals surface area contributed by atoms with Gasteiger partial charge in [0.1, 0.15) is 0 Å². The van der Waals surface area contributed by atoms with E-state index in [9.17, 15) is 4.79 Å². The summed E-state index contributed by atoms with van der Waals surface area (Å²) in [6, 6.07) is 5.90. The molecule has 1 saturated heterocycles. The second-order valence-electron chi connectivity index (χ2n) is 4.58. The fraction of sp³-hybridized carbons (Fsp3) is 0.500. The number of carbonyl (C=O) groups is 1. The summed E-state index contributed by atoms with van der Waals surface area (Å²) < 4.78 is 0. The van der Waals surface area contributed by atoms with Gasteiger partial charge in [-0.15, -0.1) is 0 Å². The molecule has 1 aliphatic heterocycles. The first kappa shape index (κ1) is 14.6. The lowest BCUT2D eigenvalue weighted by Crippen LogP contribution is -2.33. The first-order chi connectivity index (χ1) is 9.20. The number of hydrogen-bond donors (Lipinski definition) is 2. The third kappa shape index (κ3) is 4.08. The molecule has 0 saturated carbocycles. The molecule has 19 heavy (non-hydrogen) atoms. The summed E-state index contributed by atoms with van der Waals surface area (Å²) in [6.07, 6.45) is 0. The van der Waals surface area contributed by atoms with Crippen molar-refractivity contribution in [2.45, 2.75) is 12.2 Å². The molecule has 0 aliphatic carbocycles. The molecule has 0 spiro atoms. The van der Waals surface area contributed by atoms with Crippen molar-refractivity contribution < 1.29 is 4.79 Å². The molecule has 1 aromatic rings. The van der Waals surface area contributed by atoms with E-state index in [2.05, 4.69) is 10.6 Å². The van der Waals surface area contributed by atoms with Crippen molar-refractivity contribution in [3.05, 3.63) is 29.3 Å². The maximum atomic E-state index is 12.3. The molecule has 0 bridgehead atoms. The van der Waals surface area contributed by atoms with E-state index in [1.165, 1.54) is 11.5 Å². The van der Waals surface area contributed by atoms with Gasteiger partial charge in [-0.05, 0) is 19.1 Å². The van der Waals surface area contributed by atoms with Gasteiger partial charge in [-0.3, -0.25) is 4.79 Å². The van der Waals surface area contributed by atoms with E-state index in [4.69, 9.17) is 0 Å². The molecule has 3 nitrogen and oxygen atoms in total. The Balaban J connectivity index is 1.97. The maximum absolute atomic E-state index is 12.3. The molecule has 2 rings (SSSR count). The number of amides is 1. The van der Waals surface area contributed by atoms with Crippen LogP contribution in [0.25, 0.3) is 0 Å². The van der Waals surface area contributed by atoms with Crippen LogP contribution in [0.5, 0.6) is 0 Å². The zero-order valence-electron chi connectivity index (χ0n) is 11.4. The molecule has 1 heterocycles. The third-order valence-corrected chi connectivity index (χ3v) is 5.91. The fourth-order valence-corrected chi connectivity index (χ4v) is 4.63. The molecule has 1 unspecified atom stereocenters. The van der Waals surface area contributed by atoms with E-state index >= 15 is 0 Å². The van der Waals surface area contributed by atoms with Crippen LogP contribution in [-0.4, -0.2) is 42.0 Å². The Morgan fingerprint density at radius 2 is 2.26 bits per heavy atom. The summed E-state index contributed by atoms with van der Waals surface area (Å²) in [7, 11) is 1.84. The number of nitrogens with one attached hydrogen (secondary N) is 2. The van der Waals surface area contributed by atoms with Gasteiger partial charge in [-0.1, -0.05) is 11.6 Å². The van der Waals surface area contributed by atoms with Crippen LogP contribution in [0.2, 0.25) is 0 Å². The lowest BCUT2D eigenvalue weighted by atomic mass is 10.1. The Morgan fingerprint density at radius 1 is 1.42 bits per heavy atom. The number of thioether (sulfide) groups is 2. The van der Waals surface area contributed by atoms with Gasteiger partial charge in [0.2, 0.25) is 0 Å². The molecule has 104 valence electrons. The molecular formula is C14H20N2OS2. The molecular weight excluding hydrogens is 276 g/mol. The molecule has 1 fully saturated rings. The third-order valence-electron chi connectivity index (χ3n) is 3.06. The highest BCUT2D eigenvalue weighted by Gasteiger charge is 2.17. The van der Waals surface area contributed by atoms with Gasteiger partial charge in [-0.25, -0.2) is 0 Å². The van der Waals surface area contributed by atoms with Crippen LogP contribution < -0.4 is 10.6 Å². The van der Waals surface area contributed by atoms with Gasteiger partial charge < -0.3 is 10.6 Å². The second kappa shape index (κ2) is 7.10. The van der Waals surface area contributed by atoms with Gasteiger partial charge in [0, 0.05) is 41.8 Å². The topological polar surface area (TPSA) is 41.1 Å². The monoisotopic (exact) mass is 296 g/mol. The minimum absolute atomic E-state index is 0.0178. The first-order valence-electron chi connectivity index (χ1n) is 6.46. The summed E-state index contributed by atoms with van der Waals surface area (Å²) in [5.74, 6) is 3.58. The second-order valence-corrected chi connectivity index (χ2v) is 7.13. The predicted molar refractivity (Wildman–Crippen MR) is 86.6 cm³/mol. The van der Waals surface area contributed by atoms with Gasteiger partial charge >= 0.3 is 0 Å². The van der Waals surface area contributed by atoms with Crippen LogP contribution in [0.4, 0.5) is 5.69 Å². The molecule has 5 heteroatoms. The highest BCUT2D eigenvalue weighted by atomic mass is 32.2. The average Bonchev–Trinajstić information content (AvgIpc) is 2.46. The lowest BCUT2D eigenvalue weighted by molar-refractivity contribution is 0.0955. The van der Waals surface area contributed by atoms with Crippen LogP contribution in [0.15, 0.2) is 18.2 Å². The van der Waals surface area contributed by atoms with Crippen molar-refractivity contribution >= 4 is 35.1 Å². The summed E-state index contributed by atoms with van der Waals surface area (Å²) in [4.78, 5) is 12.3. The zero-order valence-corrected chi connectivity index (χ0v) is 13.0. The Labute approximate surface area is 123 Å². The van der Waals surface area contributed by atoms with Crippen LogP contribution in [0.1, 0.15) is 15.9 Å². The molecule has 1 aromatic carbocycles. The number of benzene rings is 1. The molecule has 2 N–H and O–H groups in total. The van der Waals surface area contributed by atoms with Crippen molar-refractivity contribution in [2.75, 3.05) is 36.2 Å². The Bertz CT molecular complexity index is 445. The fourth-order valence-electron chi connectivity index (χ4n) is 2.02. The number of carbonyl (C=O) groups excluding carboxylic acids is 1. The quantitative estimate of drug-likeness (QED) is 0.896. The zero-order chi connectivity index (χ0) is 13.7. The maximum Gasteiger partial charge on any atom is 0.253 e. The van der Waals surface area contributed by atoms with E-state index < -0.39 is 0 Å². The van der Waals surface area contributed by atoms with Crippen molar-refractivity contribution in [3.63, 3.8) is 0 Å². The molecule has 1 aliphatic rings. The van der Waals surface area contributed by atoms with Gasteiger partial charge in [0.15, 0.2) is 0 Å². The van der Waals surface area contributed by atoms with E-state index in [1.807, 2.05) is 55.7 Å². The van der Waals surface area contributed by atoms with Crippen LogP contribution in [0.3, 0.4) is 0 Å². The Hall–Kier alpha value is -0.810. The van der Waals surface area contributed by atoms with Crippen molar-refractivity contribution in [1.29, 1.82) is 0 Å². The lowest BCUT2D eigenvalue weighted by Gasteiger charge is -2.21. The summed E-state index contributed by atoms with van der Waals surface area (Å²) >= 11 is 3.94. The summed E-state index contributed by atoms with van der Waals surface area (Å²) in [5, 5.41) is 6.68. The summed E-state index contributed by atoms with van der Waals surface area (Å²) in [6.45, 7) is 2.76. The SMILES string of the molecule is CNc1ccc(C)cc1C(=O)NCC1CSCCS1. The minimum Gasteiger partial charge on any atom is -0.387 e. The van der Waals surface area contributed by atoms with E-state index in [0.29, 0.717) is 5.25 Å². The minimum atomic E-state index is 0.0178. The highest BCUT2D eigenvalue weighted by Crippen LogP contribution is 2.23. The Kier molecular flexibility index (Phi) is 5.45. The van der Waals surface area contributed by atoms with Crippen LogP contribution in [0, 0.1) is 6.92 Å². The van der Waals surface area contributed by atoms with E-state index in [-0.39, 0.29) is 5.91 Å². The van der Waals surface area contributed by atoms with Crippen molar-refractivity contribution in [2.24, 2.45) is 0 Å². The first-order valence-corrected chi connectivity index (χ1v) is 8.67. The smallest absolute Gasteiger partial charge is 0.253 e. The molecule has 1 amide bonds. The average molecular weight is 296 g/mol. The van der Waals surface area contributed by atoms with Crippen molar-refractivity contribution in [1.82, 2.24) is 5.32 Å². The number of aryl methyl sites for hydroxylation is 1. The standard InChI is InChI=1S/C14H20N2OS2/c1-10-3-4-13(15-2)12(7-10)14(17)16-8-11-9-18-5-6-19-11/h3-4,7,11,15H,5-6,8-9H2,1-2H3,(H,16,17). The predicted octanol–water partition coefficient (Wildman–Crippen LogP) is 2.62. The molecule has 0 radical (unpaired) electrons. The van der Waals surface area contributed by atoms with Gasteiger partial charge in [-0.2, -0.15) is 23.5 Å². The number of rotatable bonds is 4. The molecule has 1 atom stereocenters. The summed E-state index contributed by atoms with van der Waals surface area (Å²) in [5.41, 5.74) is 2.72. The number of anilines is 1. The highest BCUT2D eigenvalue weighted by molar-refractivity contribution is 8.06. The number of hydrogen-bond acceptors (Lipinski definition) is 4. The Morgan fingerprint density at radius 3 is 2.95 bits per heavy atom. The normalized spacial score (nSPS) is 18.9. The van der Waals surface area contributed by atoms with Gasteiger partial charge in [0.05, 0.1) is 5.56 Å². The molecule has 0 aromatic heterocycles.